The molecule has 3 aromatic carbocycles. The fourth-order valence-electron chi connectivity index (χ4n) is 3.25. The van der Waals surface area contributed by atoms with Crippen molar-refractivity contribution in [3.63, 3.8) is 0 Å². The molecule has 0 atom stereocenters. The minimum atomic E-state index is -0.435. The number of rotatable bonds is 10. The van der Waals surface area contributed by atoms with Crippen molar-refractivity contribution < 1.29 is 19.1 Å². The summed E-state index contributed by atoms with van der Waals surface area (Å²) in [5, 5.41) is 8.25. The average molecular weight is 490 g/mol. The highest BCUT2D eigenvalue weighted by Gasteiger charge is 2.14. The number of amides is 2. The average Bonchev–Trinajstić information content (AvgIpc) is 2.87. The first kappa shape index (κ1) is 25.6. The van der Waals surface area contributed by atoms with E-state index >= 15 is 0 Å². The molecule has 0 radical (unpaired) electrons. The highest BCUT2D eigenvalue weighted by molar-refractivity contribution is 7.80. The molecule has 0 aliphatic carbocycles. The van der Waals surface area contributed by atoms with E-state index in [0.29, 0.717) is 30.0 Å². The van der Waals surface area contributed by atoms with E-state index in [1.165, 1.54) is 5.56 Å². The van der Waals surface area contributed by atoms with Gasteiger partial charge < -0.3 is 20.7 Å². The number of hydrogen-bond acceptors (Lipinski definition) is 5. The summed E-state index contributed by atoms with van der Waals surface area (Å²) in [4.78, 5) is 36.8. The summed E-state index contributed by atoms with van der Waals surface area (Å²) < 4.78 is 5.19. The smallest absolute Gasteiger partial charge is 0.306 e. The summed E-state index contributed by atoms with van der Waals surface area (Å²) in [6, 6.07) is 25.8. The molecule has 3 N–H and O–H groups in total. The van der Waals surface area contributed by atoms with E-state index in [-0.39, 0.29) is 23.9 Å². The van der Waals surface area contributed by atoms with Crippen LogP contribution in [0, 0.1) is 0 Å². The Morgan fingerprint density at radius 1 is 0.771 bits per heavy atom. The molecule has 0 aliphatic heterocycles. The maximum atomic E-state index is 12.7. The Bertz CT molecular complexity index is 1150. The summed E-state index contributed by atoms with van der Waals surface area (Å²) >= 11 is 5.21. The van der Waals surface area contributed by atoms with Gasteiger partial charge in [0.05, 0.1) is 24.3 Å². The predicted molar refractivity (Wildman–Crippen MR) is 140 cm³/mol. The van der Waals surface area contributed by atoms with Gasteiger partial charge in [0.15, 0.2) is 5.11 Å². The van der Waals surface area contributed by atoms with Crippen LogP contribution in [0.15, 0.2) is 84.9 Å². The Balaban J connectivity index is 1.39. The molecule has 8 heteroatoms. The van der Waals surface area contributed by atoms with Crippen LogP contribution >= 0.6 is 12.2 Å². The Morgan fingerprint density at radius 3 is 2.17 bits per heavy atom. The number of nitrogens with one attached hydrogen (secondary N) is 3. The number of thiocarbonyl (C=S) groups is 1. The van der Waals surface area contributed by atoms with Gasteiger partial charge in [0.25, 0.3) is 5.91 Å². The van der Waals surface area contributed by atoms with Crippen LogP contribution in [0.1, 0.15) is 35.2 Å². The fourth-order valence-corrected chi connectivity index (χ4v) is 3.47. The number of ether oxygens (including phenoxy) is 1. The van der Waals surface area contributed by atoms with Crippen molar-refractivity contribution in [1.29, 1.82) is 0 Å². The van der Waals surface area contributed by atoms with E-state index in [1.54, 1.807) is 36.4 Å². The van der Waals surface area contributed by atoms with Gasteiger partial charge in [-0.3, -0.25) is 14.4 Å². The summed E-state index contributed by atoms with van der Waals surface area (Å²) in [5.41, 5.74) is 2.66. The van der Waals surface area contributed by atoms with E-state index in [1.807, 2.05) is 48.5 Å². The van der Waals surface area contributed by atoms with Crippen molar-refractivity contribution >= 4 is 46.5 Å². The Morgan fingerprint density at radius 2 is 1.43 bits per heavy atom. The maximum absolute atomic E-state index is 12.7. The Hall–Kier alpha value is -4.04. The van der Waals surface area contributed by atoms with Gasteiger partial charge in [0, 0.05) is 12.1 Å². The third kappa shape index (κ3) is 9.02. The zero-order chi connectivity index (χ0) is 24.9. The van der Waals surface area contributed by atoms with E-state index in [0.717, 1.165) is 6.42 Å². The summed E-state index contributed by atoms with van der Waals surface area (Å²) in [6.07, 6.45) is 1.43. The SMILES string of the molecule is O=C(CCC(=O)OCCCc1ccccc1)NC(=S)Nc1ccccc1C(=O)Nc1ccccc1. The highest BCUT2D eigenvalue weighted by atomic mass is 32.1. The van der Waals surface area contributed by atoms with Gasteiger partial charge in [0.2, 0.25) is 5.91 Å². The predicted octanol–water partition coefficient (Wildman–Crippen LogP) is 4.71. The first-order chi connectivity index (χ1) is 17.0. The number of esters is 1. The molecule has 3 aromatic rings. The third-order valence-electron chi connectivity index (χ3n) is 4.98. The number of aryl methyl sites for hydroxylation is 1. The third-order valence-corrected chi connectivity index (χ3v) is 5.18. The maximum Gasteiger partial charge on any atom is 0.306 e. The number of carbonyl (C=O) groups is 3. The lowest BCUT2D eigenvalue weighted by Gasteiger charge is -2.13. The molecule has 0 saturated carbocycles. The second-order valence-corrected chi connectivity index (χ2v) is 8.09. The topological polar surface area (TPSA) is 96.5 Å². The lowest BCUT2D eigenvalue weighted by Crippen LogP contribution is -2.34. The molecular formula is C27H27N3O4S. The lowest BCUT2D eigenvalue weighted by molar-refractivity contribution is -0.145. The summed E-state index contributed by atoms with van der Waals surface area (Å²) in [6.45, 7) is 0.303. The normalized spacial score (nSPS) is 10.2. The highest BCUT2D eigenvalue weighted by Crippen LogP contribution is 2.17. The summed E-state index contributed by atoms with van der Waals surface area (Å²) in [7, 11) is 0. The van der Waals surface area contributed by atoms with Crippen LogP contribution in [0.2, 0.25) is 0 Å². The molecule has 0 unspecified atom stereocenters. The molecule has 0 aromatic heterocycles. The molecule has 0 heterocycles. The molecule has 0 aliphatic rings. The second kappa shape index (κ2) is 13.6. The Labute approximate surface area is 209 Å². The van der Waals surface area contributed by atoms with Crippen LogP contribution in [-0.2, 0) is 20.7 Å². The Kier molecular flexibility index (Phi) is 9.95. The van der Waals surface area contributed by atoms with E-state index in [2.05, 4.69) is 16.0 Å². The fraction of sp³-hybridized carbons (Fsp3) is 0.185. The van der Waals surface area contributed by atoms with Gasteiger partial charge in [-0.05, 0) is 54.9 Å². The minimum Gasteiger partial charge on any atom is -0.466 e. The zero-order valence-corrected chi connectivity index (χ0v) is 20.0. The van der Waals surface area contributed by atoms with Crippen molar-refractivity contribution in [3.8, 4) is 0 Å². The lowest BCUT2D eigenvalue weighted by atomic mass is 10.1. The van der Waals surface area contributed by atoms with Gasteiger partial charge >= 0.3 is 5.97 Å². The molecular weight excluding hydrogens is 462 g/mol. The first-order valence-corrected chi connectivity index (χ1v) is 11.7. The van der Waals surface area contributed by atoms with Crippen LogP contribution in [-0.4, -0.2) is 29.5 Å². The first-order valence-electron chi connectivity index (χ1n) is 11.3. The molecule has 0 fully saturated rings. The number of benzene rings is 3. The molecule has 35 heavy (non-hydrogen) atoms. The van der Waals surface area contributed by atoms with Crippen LogP contribution in [0.25, 0.3) is 0 Å². The van der Waals surface area contributed by atoms with E-state index in [9.17, 15) is 14.4 Å². The quantitative estimate of drug-likeness (QED) is 0.217. The van der Waals surface area contributed by atoms with Crippen LogP contribution in [0.3, 0.4) is 0 Å². The van der Waals surface area contributed by atoms with E-state index < -0.39 is 11.9 Å². The zero-order valence-electron chi connectivity index (χ0n) is 19.2. The van der Waals surface area contributed by atoms with Crippen molar-refractivity contribution in [2.45, 2.75) is 25.7 Å². The van der Waals surface area contributed by atoms with Crippen molar-refractivity contribution in [1.82, 2.24) is 5.32 Å². The molecule has 2 amide bonds. The van der Waals surface area contributed by atoms with Crippen LogP contribution < -0.4 is 16.0 Å². The van der Waals surface area contributed by atoms with Crippen molar-refractivity contribution in [2.24, 2.45) is 0 Å². The molecule has 0 spiro atoms. The van der Waals surface area contributed by atoms with Crippen LogP contribution in [0.5, 0.6) is 0 Å². The number of para-hydroxylation sites is 2. The van der Waals surface area contributed by atoms with Gasteiger partial charge in [-0.2, -0.15) is 0 Å². The van der Waals surface area contributed by atoms with Crippen molar-refractivity contribution in [3.05, 3.63) is 96.1 Å². The number of hydrogen-bond donors (Lipinski definition) is 3. The number of anilines is 2. The molecule has 180 valence electrons. The molecule has 0 bridgehead atoms. The van der Waals surface area contributed by atoms with Gasteiger partial charge in [-0.15, -0.1) is 0 Å². The van der Waals surface area contributed by atoms with Crippen LogP contribution in [0.4, 0.5) is 11.4 Å². The van der Waals surface area contributed by atoms with Gasteiger partial charge in [-0.25, -0.2) is 0 Å². The minimum absolute atomic E-state index is 0.0335. The molecule has 3 rings (SSSR count). The largest absolute Gasteiger partial charge is 0.466 e. The molecule has 0 saturated heterocycles. The molecule has 7 nitrogen and oxygen atoms in total. The standard InChI is InChI=1S/C27H27N3O4S/c31-24(17-18-25(32)34-19-9-12-20-10-3-1-4-11-20)30-27(35)29-23-16-8-7-15-22(23)26(33)28-21-13-5-2-6-14-21/h1-8,10-11,13-16H,9,12,17-19H2,(H,28,33)(H2,29,30,31,35). The monoisotopic (exact) mass is 489 g/mol. The van der Waals surface area contributed by atoms with Gasteiger partial charge in [-0.1, -0.05) is 60.7 Å². The van der Waals surface area contributed by atoms with E-state index in [4.69, 9.17) is 17.0 Å². The second-order valence-electron chi connectivity index (χ2n) is 7.68. The summed E-state index contributed by atoms with van der Waals surface area (Å²) in [5.74, 6) is -1.17. The van der Waals surface area contributed by atoms with Gasteiger partial charge in [0.1, 0.15) is 0 Å². The number of carbonyl (C=O) groups excluding carboxylic acids is 3. The van der Waals surface area contributed by atoms with Crippen molar-refractivity contribution in [2.75, 3.05) is 17.2 Å².